The van der Waals surface area contributed by atoms with E-state index in [0.29, 0.717) is 18.1 Å². The number of carbonyl (C=O) groups is 1. The Balaban J connectivity index is 1.78. The Labute approximate surface area is 111 Å². The molecule has 0 aliphatic rings. The van der Waals surface area contributed by atoms with Crippen LogP contribution >= 0.6 is 11.3 Å². The van der Waals surface area contributed by atoms with Crippen molar-refractivity contribution in [3.8, 4) is 0 Å². The Morgan fingerprint density at radius 1 is 1.53 bits per heavy atom. The van der Waals surface area contributed by atoms with Crippen molar-refractivity contribution >= 4 is 33.2 Å². The van der Waals surface area contributed by atoms with Gasteiger partial charge in [0, 0.05) is 5.39 Å². The van der Waals surface area contributed by atoms with Gasteiger partial charge in [0.25, 0.3) is 0 Å². The summed E-state index contributed by atoms with van der Waals surface area (Å²) in [5.41, 5.74) is 0.671. The fourth-order valence-electron chi connectivity index (χ4n) is 1.66. The zero-order valence-corrected chi connectivity index (χ0v) is 10.4. The predicted octanol–water partition coefficient (Wildman–Crippen LogP) is 1.72. The molecule has 3 aromatic heterocycles. The molecule has 19 heavy (non-hydrogen) atoms. The number of nitrogens with zero attached hydrogens (tertiary/aromatic N) is 3. The van der Waals surface area contributed by atoms with Gasteiger partial charge in [-0.15, -0.1) is 16.4 Å². The van der Waals surface area contributed by atoms with Crippen molar-refractivity contribution in [1.82, 2.24) is 20.4 Å². The predicted molar refractivity (Wildman–Crippen MR) is 70.3 cm³/mol. The van der Waals surface area contributed by atoms with Crippen molar-refractivity contribution in [2.45, 2.75) is 6.54 Å². The fourth-order valence-corrected chi connectivity index (χ4v) is 2.50. The van der Waals surface area contributed by atoms with Gasteiger partial charge in [-0.2, -0.15) is 10.2 Å². The number of anilines is 1. The average Bonchev–Trinajstić information content (AvgIpc) is 3.05. The van der Waals surface area contributed by atoms with Crippen LogP contribution in [0.1, 0.15) is 16.2 Å². The number of H-pyrrole nitrogens is 1. The number of hydrogen-bond donors (Lipinski definition) is 3. The summed E-state index contributed by atoms with van der Waals surface area (Å²) in [5, 5.41) is 29.2. The van der Waals surface area contributed by atoms with Crippen LogP contribution in [-0.4, -0.2) is 31.5 Å². The number of aromatic nitrogens is 4. The van der Waals surface area contributed by atoms with Gasteiger partial charge < -0.3 is 10.4 Å². The van der Waals surface area contributed by atoms with Gasteiger partial charge in [-0.1, -0.05) is 0 Å². The Morgan fingerprint density at radius 2 is 2.42 bits per heavy atom. The highest BCUT2D eigenvalue weighted by molar-refractivity contribution is 7.17. The maximum Gasteiger partial charge on any atom is 0.356 e. The molecule has 3 heterocycles. The Hall–Kier alpha value is -2.48. The molecule has 0 aliphatic heterocycles. The molecule has 0 saturated heterocycles. The largest absolute Gasteiger partial charge is 0.476 e. The van der Waals surface area contributed by atoms with E-state index < -0.39 is 5.97 Å². The summed E-state index contributed by atoms with van der Waals surface area (Å²) in [5.74, 6) is -0.373. The van der Waals surface area contributed by atoms with Gasteiger partial charge in [0.15, 0.2) is 11.5 Å². The van der Waals surface area contributed by atoms with Crippen LogP contribution in [-0.2, 0) is 6.54 Å². The van der Waals surface area contributed by atoms with Crippen LogP contribution in [0.3, 0.4) is 0 Å². The van der Waals surface area contributed by atoms with Gasteiger partial charge in [0.05, 0.1) is 23.1 Å². The molecule has 0 radical (unpaired) electrons. The first-order valence-corrected chi connectivity index (χ1v) is 6.32. The van der Waals surface area contributed by atoms with E-state index in [4.69, 9.17) is 5.11 Å². The fraction of sp³-hybridized carbons (Fsp3) is 0.0909. The molecule has 0 unspecified atom stereocenters. The number of fused-ring (bicyclic) bond motifs is 1. The maximum absolute atomic E-state index is 10.7. The highest BCUT2D eigenvalue weighted by atomic mass is 32.1. The minimum absolute atomic E-state index is 0.00258. The van der Waals surface area contributed by atoms with Gasteiger partial charge in [-0.25, -0.2) is 4.79 Å². The molecule has 3 N–H and O–H groups in total. The minimum atomic E-state index is -1.05. The molecule has 0 aromatic carbocycles. The monoisotopic (exact) mass is 275 g/mol. The van der Waals surface area contributed by atoms with E-state index in [-0.39, 0.29) is 5.69 Å². The average molecular weight is 275 g/mol. The molecule has 0 aliphatic carbocycles. The first-order valence-electron chi connectivity index (χ1n) is 5.44. The van der Waals surface area contributed by atoms with Crippen LogP contribution in [0.2, 0.25) is 0 Å². The summed E-state index contributed by atoms with van der Waals surface area (Å²) in [6.07, 6.45) is 1.70. The van der Waals surface area contributed by atoms with Crippen LogP contribution in [0.15, 0.2) is 23.7 Å². The molecule has 0 amide bonds. The lowest BCUT2D eigenvalue weighted by Crippen LogP contribution is -2.02. The third-order valence-electron chi connectivity index (χ3n) is 2.56. The molecule has 0 bridgehead atoms. The third-order valence-corrected chi connectivity index (χ3v) is 3.50. The first kappa shape index (κ1) is 11.6. The number of thiophene rings is 1. The molecule has 0 atom stereocenters. The molecule has 8 heteroatoms. The van der Waals surface area contributed by atoms with Crippen molar-refractivity contribution < 1.29 is 9.90 Å². The Bertz CT molecular complexity index is 735. The zero-order valence-electron chi connectivity index (χ0n) is 9.62. The van der Waals surface area contributed by atoms with Gasteiger partial charge in [0.1, 0.15) is 0 Å². The summed E-state index contributed by atoms with van der Waals surface area (Å²) >= 11 is 1.57. The third kappa shape index (κ3) is 2.25. The van der Waals surface area contributed by atoms with Crippen LogP contribution in [0.4, 0.5) is 5.82 Å². The smallest absolute Gasteiger partial charge is 0.356 e. The normalized spacial score (nSPS) is 10.7. The molecule has 0 saturated carbocycles. The topological polar surface area (TPSA) is 104 Å². The molecule has 96 valence electrons. The first-order chi connectivity index (χ1) is 9.24. The van der Waals surface area contributed by atoms with Gasteiger partial charge >= 0.3 is 5.97 Å². The summed E-state index contributed by atoms with van der Waals surface area (Å²) in [7, 11) is 0. The van der Waals surface area contributed by atoms with E-state index in [0.717, 1.165) is 10.1 Å². The number of carboxylic acid groups (broad SMARTS) is 1. The van der Waals surface area contributed by atoms with E-state index in [1.807, 2.05) is 11.4 Å². The van der Waals surface area contributed by atoms with Crippen molar-refractivity contribution in [2.75, 3.05) is 5.32 Å². The van der Waals surface area contributed by atoms with Crippen LogP contribution in [0.25, 0.3) is 10.1 Å². The molecule has 7 nitrogen and oxygen atoms in total. The molecule has 0 fully saturated rings. The van der Waals surface area contributed by atoms with Gasteiger partial charge in [0.2, 0.25) is 0 Å². The highest BCUT2D eigenvalue weighted by Gasteiger charge is 2.09. The second kappa shape index (κ2) is 4.65. The molecule has 3 aromatic rings. The van der Waals surface area contributed by atoms with Crippen LogP contribution in [0, 0.1) is 0 Å². The van der Waals surface area contributed by atoms with Crippen LogP contribution in [0.5, 0.6) is 0 Å². The van der Waals surface area contributed by atoms with E-state index in [2.05, 4.69) is 25.7 Å². The van der Waals surface area contributed by atoms with E-state index in [9.17, 15) is 4.79 Å². The molecular weight excluding hydrogens is 266 g/mol. The van der Waals surface area contributed by atoms with Gasteiger partial charge in [-0.3, -0.25) is 5.10 Å². The van der Waals surface area contributed by atoms with Gasteiger partial charge in [-0.05, 0) is 17.5 Å². The maximum atomic E-state index is 10.7. The van der Waals surface area contributed by atoms with E-state index >= 15 is 0 Å². The van der Waals surface area contributed by atoms with Crippen molar-refractivity contribution in [3.05, 3.63) is 35.1 Å². The van der Waals surface area contributed by atoms with Crippen LogP contribution < -0.4 is 5.32 Å². The lowest BCUT2D eigenvalue weighted by Gasteiger charge is -2.03. The second-order valence-corrected chi connectivity index (χ2v) is 4.75. The standard InChI is InChI=1S/C11H9N5O2S/c17-11(18)8-3-7(14-15-8)5-12-10-9-6(1-2-19-9)4-13-16-10/h1-4H,5H2,(H,12,16)(H,14,15)(H,17,18). The van der Waals surface area contributed by atoms with E-state index in [1.165, 1.54) is 6.07 Å². The summed E-state index contributed by atoms with van der Waals surface area (Å²) in [6, 6.07) is 3.45. The number of carboxylic acids is 1. The zero-order chi connectivity index (χ0) is 13.2. The number of hydrogen-bond acceptors (Lipinski definition) is 6. The number of aromatic carboxylic acids is 1. The number of rotatable bonds is 4. The number of nitrogens with one attached hydrogen (secondary N) is 2. The number of aromatic amines is 1. The quantitative estimate of drug-likeness (QED) is 0.669. The van der Waals surface area contributed by atoms with E-state index in [1.54, 1.807) is 17.5 Å². The van der Waals surface area contributed by atoms with Crippen molar-refractivity contribution in [3.63, 3.8) is 0 Å². The summed E-state index contributed by atoms with van der Waals surface area (Å²) < 4.78 is 1.02. The summed E-state index contributed by atoms with van der Waals surface area (Å²) in [6.45, 7) is 0.409. The molecule has 0 spiro atoms. The Morgan fingerprint density at radius 3 is 3.21 bits per heavy atom. The highest BCUT2D eigenvalue weighted by Crippen LogP contribution is 2.25. The Kier molecular flexibility index (Phi) is 2.84. The SMILES string of the molecule is O=C(O)c1cc(CNc2nncc3ccsc23)[nH]n1. The summed E-state index contributed by atoms with van der Waals surface area (Å²) in [4.78, 5) is 10.7. The second-order valence-electron chi connectivity index (χ2n) is 3.84. The molecular formula is C11H9N5O2S. The molecule has 3 rings (SSSR count). The lowest BCUT2D eigenvalue weighted by atomic mass is 10.3. The lowest BCUT2D eigenvalue weighted by molar-refractivity contribution is 0.0690. The van der Waals surface area contributed by atoms with Crippen molar-refractivity contribution in [1.29, 1.82) is 0 Å². The minimum Gasteiger partial charge on any atom is -0.476 e. The van der Waals surface area contributed by atoms with Crippen molar-refractivity contribution in [2.24, 2.45) is 0 Å².